The largest absolute Gasteiger partial charge is 0.380 e. The monoisotopic (exact) mass is 504 g/mol. The maximum Gasteiger partial charge on any atom is 0.266 e. The van der Waals surface area contributed by atoms with Crippen molar-refractivity contribution in [1.29, 1.82) is 0 Å². The topological polar surface area (TPSA) is 47.6 Å². The lowest BCUT2D eigenvalue weighted by Crippen LogP contribution is -2.53. The molecule has 4 heterocycles. The molecule has 5 nitrogen and oxygen atoms in total. The van der Waals surface area contributed by atoms with Crippen LogP contribution in [0.25, 0.3) is 0 Å². The molecule has 36 heavy (non-hydrogen) atoms. The number of carbonyl (C=O) groups excluding carboxylic acids is 1. The smallest absolute Gasteiger partial charge is 0.266 e. The Kier molecular flexibility index (Phi) is 7.10. The van der Waals surface area contributed by atoms with Crippen LogP contribution in [0, 0.1) is 17.6 Å². The summed E-state index contributed by atoms with van der Waals surface area (Å²) in [4.78, 5) is 17.8. The molecule has 0 aliphatic carbocycles. The number of hydrogen-bond acceptors (Lipinski definition) is 4. The van der Waals surface area contributed by atoms with Crippen LogP contribution < -0.4 is 15.5 Å². The number of halogens is 4. The summed E-state index contributed by atoms with van der Waals surface area (Å²) in [5.74, 6) is -1.46. The van der Waals surface area contributed by atoms with Gasteiger partial charge in [0, 0.05) is 31.2 Å². The Morgan fingerprint density at radius 1 is 1.03 bits per heavy atom. The van der Waals surface area contributed by atoms with E-state index >= 15 is 4.39 Å². The molecule has 0 unspecified atom stereocenters. The molecule has 0 spiro atoms. The van der Waals surface area contributed by atoms with Crippen molar-refractivity contribution in [2.24, 2.45) is 5.92 Å². The Hall–Kier alpha value is -2.81. The Balaban J connectivity index is 1.44. The number of nitrogens with one attached hydrogen (secondary N) is 2. The zero-order valence-corrected chi connectivity index (χ0v) is 20.4. The maximum absolute atomic E-state index is 15.2. The highest BCUT2D eigenvalue weighted by atomic mass is 19.3. The van der Waals surface area contributed by atoms with Crippen molar-refractivity contribution in [2.45, 2.75) is 51.1 Å². The summed E-state index contributed by atoms with van der Waals surface area (Å²) in [6.07, 6.45) is 1.08. The van der Waals surface area contributed by atoms with Gasteiger partial charge in [0.15, 0.2) is 0 Å². The van der Waals surface area contributed by atoms with Gasteiger partial charge in [-0.15, -0.1) is 0 Å². The van der Waals surface area contributed by atoms with Gasteiger partial charge in [-0.3, -0.25) is 4.79 Å². The second-order valence-electron chi connectivity index (χ2n) is 10.2. The van der Waals surface area contributed by atoms with E-state index in [0.29, 0.717) is 30.4 Å². The highest BCUT2D eigenvalue weighted by Crippen LogP contribution is 2.34. The SMILES string of the molecule is C[C@@H](NC(=O)c1cc(N2CCCC2)c(F)cc1N[C@@H]1CN2CCC1CC2)c1cccc(C(F)F)c1F. The first kappa shape index (κ1) is 24.9. The molecule has 4 saturated heterocycles. The average molecular weight is 505 g/mol. The van der Waals surface area contributed by atoms with Gasteiger partial charge in [-0.1, -0.05) is 18.2 Å². The lowest BCUT2D eigenvalue weighted by Gasteiger charge is -2.45. The average Bonchev–Trinajstić information content (AvgIpc) is 3.39. The Labute approximate surface area is 208 Å². The van der Waals surface area contributed by atoms with E-state index in [1.54, 1.807) is 13.0 Å². The summed E-state index contributed by atoms with van der Waals surface area (Å²) in [5, 5.41) is 6.19. The van der Waals surface area contributed by atoms with Gasteiger partial charge in [-0.05, 0) is 63.7 Å². The highest BCUT2D eigenvalue weighted by Gasteiger charge is 2.35. The van der Waals surface area contributed by atoms with Crippen LogP contribution in [0.4, 0.5) is 28.9 Å². The number of fused-ring (bicyclic) bond motifs is 3. The number of rotatable bonds is 7. The number of hydrogen-bond donors (Lipinski definition) is 2. The standard InChI is InChI=1S/C27H32F4N4O/c1-16(18-5-4-6-19(25(18)29)26(30)31)32-27(36)20-13-24(35-9-2-3-10-35)21(28)14-22(20)33-23-15-34-11-7-17(23)8-12-34/h4-6,13-14,16-17,23,26,33H,2-3,7-12,15H2,1H3,(H,32,36)/t16-,23-/m1/s1. The number of anilines is 2. The van der Waals surface area contributed by atoms with Crippen LogP contribution in [-0.2, 0) is 0 Å². The summed E-state index contributed by atoms with van der Waals surface area (Å²) in [6.45, 7) is 5.93. The van der Waals surface area contributed by atoms with Gasteiger partial charge in [0.05, 0.1) is 28.5 Å². The number of carbonyl (C=O) groups is 1. The molecule has 4 aliphatic rings. The lowest BCUT2D eigenvalue weighted by atomic mass is 9.84. The first-order chi connectivity index (χ1) is 17.3. The van der Waals surface area contributed by atoms with Gasteiger partial charge in [0.1, 0.15) is 11.6 Å². The minimum Gasteiger partial charge on any atom is -0.380 e. The molecular formula is C27H32F4N4O. The fraction of sp³-hybridized carbons (Fsp3) is 0.519. The number of alkyl halides is 2. The van der Waals surface area contributed by atoms with E-state index in [2.05, 4.69) is 15.5 Å². The van der Waals surface area contributed by atoms with Crippen LogP contribution >= 0.6 is 0 Å². The third kappa shape index (κ3) is 4.90. The van der Waals surface area contributed by atoms with Crippen molar-refractivity contribution < 1.29 is 22.4 Å². The summed E-state index contributed by atoms with van der Waals surface area (Å²) >= 11 is 0. The molecule has 0 saturated carbocycles. The minimum atomic E-state index is -2.95. The van der Waals surface area contributed by atoms with E-state index in [0.717, 1.165) is 51.4 Å². The van der Waals surface area contributed by atoms with Crippen LogP contribution in [0.15, 0.2) is 30.3 Å². The Morgan fingerprint density at radius 3 is 2.36 bits per heavy atom. The normalized spacial score (nSPS) is 24.3. The zero-order chi connectivity index (χ0) is 25.4. The number of piperidine rings is 3. The van der Waals surface area contributed by atoms with E-state index in [1.807, 2.05) is 4.90 Å². The predicted octanol–water partition coefficient (Wildman–Crippen LogP) is 5.50. The number of amides is 1. The van der Waals surface area contributed by atoms with Crippen LogP contribution in [0.1, 0.15) is 66.6 Å². The zero-order valence-electron chi connectivity index (χ0n) is 20.4. The molecule has 4 fully saturated rings. The molecule has 4 aliphatic heterocycles. The van der Waals surface area contributed by atoms with E-state index in [-0.39, 0.29) is 23.0 Å². The van der Waals surface area contributed by atoms with Gasteiger partial charge < -0.3 is 20.4 Å². The number of benzene rings is 2. The van der Waals surface area contributed by atoms with Crippen molar-refractivity contribution in [3.05, 3.63) is 58.7 Å². The van der Waals surface area contributed by atoms with Crippen molar-refractivity contribution in [2.75, 3.05) is 42.9 Å². The fourth-order valence-electron chi connectivity index (χ4n) is 5.82. The molecule has 2 aromatic carbocycles. The van der Waals surface area contributed by atoms with Gasteiger partial charge >= 0.3 is 0 Å². The molecule has 2 aromatic rings. The molecule has 6 rings (SSSR count). The highest BCUT2D eigenvalue weighted by molar-refractivity contribution is 6.01. The van der Waals surface area contributed by atoms with Crippen LogP contribution in [0.3, 0.4) is 0 Å². The molecule has 0 aromatic heterocycles. The van der Waals surface area contributed by atoms with E-state index in [4.69, 9.17) is 0 Å². The first-order valence-electron chi connectivity index (χ1n) is 12.8. The predicted molar refractivity (Wildman–Crippen MR) is 132 cm³/mol. The summed E-state index contributed by atoms with van der Waals surface area (Å²) in [7, 11) is 0. The van der Waals surface area contributed by atoms with E-state index in [9.17, 15) is 18.0 Å². The third-order valence-electron chi connectivity index (χ3n) is 7.88. The van der Waals surface area contributed by atoms with Gasteiger partial charge in [-0.2, -0.15) is 0 Å². The van der Waals surface area contributed by atoms with E-state index < -0.39 is 29.8 Å². The Morgan fingerprint density at radius 2 is 1.72 bits per heavy atom. The molecule has 9 heteroatoms. The fourth-order valence-corrected chi connectivity index (χ4v) is 5.82. The molecule has 2 bridgehead atoms. The van der Waals surface area contributed by atoms with E-state index in [1.165, 1.54) is 18.2 Å². The van der Waals surface area contributed by atoms with Crippen molar-refractivity contribution in [3.63, 3.8) is 0 Å². The van der Waals surface area contributed by atoms with Crippen LogP contribution in [0.2, 0.25) is 0 Å². The lowest BCUT2D eigenvalue weighted by molar-refractivity contribution is 0.0934. The molecule has 194 valence electrons. The third-order valence-corrected chi connectivity index (χ3v) is 7.88. The molecular weight excluding hydrogens is 472 g/mol. The molecule has 2 atom stereocenters. The van der Waals surface area contributed by atoms with Crippen LogP contribution in [0.5, 0.6) is 0 Å². The quantitative estimate of drug-likeness (QED) is 0.489. The maximum atomic E-state index is 15.2. The van der Waals surface area contributed by atoms with Gasteiger partial charge in [0.25, 0.3) is 12.3 Å². The second kappa shape index (κ2) is 10.3. The van der Waals surface area contributed by atoms with Crippen molar-refractivity contribution >= 4 is 17.3 Å². The number of nitrogens with zero attached hydrogens (tertiary/aromatic N) is 2. The summed E-state index contributed by atoms with van der Waals surface area (Å²) < 4.78 is 56.3. The summed E-state index contributed by atoms with van der Waals surface area (Å²) in [5.41, 5.74) is 0.328. The van der Waals surface area contributed by atoms with Gasteiger partial charge in [-0.25, -0.2) is 17.6 Å². The van der Waals surface area contributed by atoms with Crippen molar-refractivity contribution in [3.8, 4) is 0 Å². The molecule has 1 amide bonds. The molecule has 2 N–H and O–H groups in total. The van der Waals surface area contributed by atoms with Crippen molar-refractivity contribution in [1.82, 2.24) is 10.2 Å². The first-order valence-corrected chi connectivity index (χ1v) is 12.8. The van der Waals surface area contributed by atoms with Crippen LogP contribution in [-0.4, -0.2) is 49.6 Å². The summed E-state index contributed by atoms with van der Waals surface area (Å²) in [6, 6.07) is 5.98. The van der Waals surface area contributed by atoms with Gasteiger partial charge in [0.2, 0.25) is 0 Å². The molecule has 0 radical (unpaired) electrons. The Bertz CT molecular complexity index is 1110. The minimum absolute atomic E-state index is 0.0186. The second-order valence-corrected chi connectivity index (χ2v) is 10.2.